The molecule has 0 fully saturated rings. The first kappa shape index (κ1) is 18.0. The van der Waals surface area contributed by atoms with E-state index in [0.29, 0.717) is 0 Å². The highest BCUT2D eigenvalue weighted by atomic mass is 79.9. The number of aromatic nitrogens is 2. The summed E-state index contributed by atoms with van der Waals surface area (Å²) in [7, 11) is 1.72. The zero-order chi connectivity index (χ0) is 17.5. The Labute approximate surface area is 173 Å². The summed E-state index contributed by atoms with van der Waals surface area (Å²) in [5.41, 5.74) is 5.06. The lowest BCUT2D eigenvalue weighted by Gasteiger charge is -2.14. The van der Waals surface area contributed by atoms with Crippen molar-refractivity contribution < 1.29 is 26.3 Å². The zero-order valence-electron chi connectivity index (χ0n) is 14.9. The van der Waals surface area contributed by atoms with E-state index in [1.54, 1.807) is 18.4 Å². The molecule has 0 saturated heterocycles. The van der Waals surface area contributed by atoms with Gasteiger partial charge in [0, 0.05) is 6.07 Å². The number of imidazole rings is 1. The van der Waals surface area contributed by atoms with Gasteiger partial charge in [-0.2, -0.15) is 9.13 Å². The maximum atomic E-state index is 5.47. The summed E-state index contributed by atoms with van der Waals surface area (Å²) >= 11 is 1.77. The average Bonchev–Trinajstić information content (AvgIpc) is 3.35. The second-order valence-corrected chi connectivity index (χ2v) is 7.39. The quantitative estimate of drug-likeness (QED) is 0.444. The van der Waals surface area contributed by atoms with Gasteiger partial charge in [-0.3, -0.25) is 0 Å². The van der Waals surface area contributed by atoms with Crippen molar-refractivity contribution in [3.8, 4) is 27.7 Å². The monoisotopic (exact) mass is 438 g/mol. The van der Waals surface area contributed by atoms with Gasteiger partial charge in [-0.15, -0.1) is 11.3 Å². The van der Waals surface area contributed by atoms with E-state index in [-0.39, 0.29) is 17.0 Å². The number of ether oxygens (including phenoxy) is 1. The van der Waals surface area contributed by atoms with Gasteiger partial charge >= 0.3 is 0 Å². The van der Waals surface area contributed by atoms with Crippen LogP contribution in [0.15, 0.2) is 72.2 Å². The lowest BCUT2D eigenvalue weighted by atomic mass is 10.0. The van der Waals surface area contributed by atoms with E-state index in [1.807, 2.05) is 6.07 Å². The van der Waals surface area contributed by atoms with Gasteiger partial charge in [0.2, 0.25) is 0 Å². The lowest BCUT2D eigenvalue weighted by molar-refractivity contribution is -0.606. The Kier molecular flexibility index (Phi) is 4.89. The maximum absolute atomic E-state index is 5.47. The molecule has 5 rings (SSSR count). The molecule has 3 nitrogen and oxygen atoms in total. The number of rotatable bonds is 3. The fourth-order valence-electron chi connectivity index (χ4n) is 3.78. The van der Waals surface area contributed by atoms with Crippen LogP contribution < -0.4 is 26.3 Å². The van der Waals surface area contributed by atoms with Crippen LogP contribution in [0.1, 0.15) is 11.4 Å². The molecule has 0 aliphatic carbocycles. The van der Waals surface area contributed by atoms with E-state index in [4.69, 9.17) is 4.74 Å². The first-order chi connectivity index (χ1) is 12.8. The highest BCUT2D eigenvalue weighted by Gasteiger charge is 2.31. The number of aryl methyl sites for hydroxylation is 1. The molecule has 1 aliphatic rings. The summed E-state index contributed by atoms with van der Waals surface area (Å²) in [6, 6.07) is 21.3. The summed E-state index contributed by atoms with van der Waals surface area (Å²) in [5, 5.41) is 2.13. The normalized spacial score (nSPS) is 12.0. The minimum absolute atomic E-state index is 0. The molecule has 0 bridgehead atoms. The predicted octanol–water partition coefficient (Wildman–Crippen LogP) is 1.59. The van der Waals surface area contributed by atoms with Crippen molar-refractivity contribution in [2.75, 3.05) is 7.11 Å². The molecular formula is C22H19BrN2OS. The Morgan fingerprint density at radius 2 is 1.89 bits per heavy atom. The van der Waals surface area contributed by atoms with Crippen molar-refractivity contribution in [2.24, 2.45) is 0 Å². The Balaban J connectivity index is 0.00000180. The minimum atomic E-state index is 0. The molecule has 27 heavy (non-hydrogen) atoms. The number of hydrogen-bond donors (Lipinski definition) is 0. The largest absolute Gasteiger partial charge is 1.00 e. The molecule has 0 atom stereocenters. The molecule has 0 amide bonds. The molecule has 0 spiro atoms. The van der Waals surface area contributed by atoms with Gasteiger partial charge < -0.3 is 21.7 Å². The van der Waals surface area contributed by atoms with Crippen LogP contribution >= 0.6 is 11.3 Å². The van der Waals surface area contributed by atoms with Crippen molar-refractivity contribution >= 4 is 11.3 Å². The third kappa shape index (κ3) is 3.01. The third-order valence-electron chi connectivity index (χ3n) is 4.98. The van der Waals surface area contributed by atoms with Crippen molar-refractivity contribution in [3.05, 3.63) is 83.6 Å². The number of methoxy groups -OCH3 is 1. The van der Waals surface area contributed by atoms with Crippen LogP contribution in [0.25, 0.3) is 21.9 Å². The van der Waals surface area contributed by atoms with E-state index in [9.17, 15) is 0 Å². The molecule has 5 heteroatoms. The molecule has 0 N–H and O–H groups in total. The van der Waals surface area contributed by atoms with Gasteiger partial charge in [0.25, 0.3) is 5.82 Å². The topological polar surface area (TPSA) is 18.0 Å². The molecular weight excluding hydrogens is 420 g/mol. The fraction of sp³-hybridized carbons (Fsp3) is 0.136. The number of hydrogen-bond acceptors (Lipinski definition) is 2. The number of fused-ring (bicyclic) bond motifs is 3. The number of para-hydroxylation sites is 1. The molecule has 0 saturated carbocycles. The summed E-state index contributed by atoms with van der Waals surface area (Å²) in [4.78, 5) is 1.27. The van der Waals surface area contributed by atoms with Crippen molar-refractivity contribution in [2.45, 2.75) is 12.8 Å². The Morgan fingerprint density at radius 3 is 2.70 bits per heavy atom. The molecule has 136 valence electrons. The molecule has 4 aromatic rings. The Bertz CT molecular complexity index is 1090. The van der Waals surface area contributed by atoms with Crippen LogP contribution in [0.3, 0.4) is 0 Å². The van der Waals surface area contributed by atoms with E-state index < -0.39 is 0 Å². The van der Waals surface area contributed by atoms with Gasteiger partial charge in [0.15, 0.2) is 5.69 Å². The van der Waals surface area contributed by atoms with Crippen LogP contribution in [0, 0.1) is 0 Å². The number of nitrogens with zero attached hydrogens (tertiary/aromatic N) is 2. The first-order valence-corrected chi connectivity index (χ1v) is 9.66. The minimum Gasteiger partial charge on any atom is -1.00 e. The van der Waals surface area contributed by atoms with Gasteiger partial charge in [-0.05, 0) is 41.6 Å². The zero-order valence-corrected chi connectivity index (χ0v) is 17.3. The summed E-state index contributed by atoms with van der Waals surface area (Å²) in [5.74, 6) is 2.18. The van der Waals surface area contributed by atoms with Gasteiger partial charge in [0.05, 0.1) is 18.4 Å². The number of halogens is 1. The van der Waals surface area contributed by atoms with Crippen LogP contribution in [0.5, 0.6) is 5.75 Å². The van der Waals surface area contributed by atoms with E-state index in [0.717, 1.165) is 24.3 Å². The van der Waals surface area contributed by atoms with Crippen LogP contribution in [-0.4, -0.2) is 11.7 Å². The summed E-state index contributed by atoms with van der Waals surface area (Å²) in [6.07, 6.45) is 4.35. The average molecular weight is 439 g/mol. The Morgan fingerprint density at radius 1 is 1.00 bits per heavy atom. The lowest BCUT2D eigenvalue weighted by Crippen LogP contribution is -3.00. The molecule has 3 heterocycles. The standard InChI is InChI=1S/C22H19N2OS.BrH/c1-25-18-8-4-7-17(14-18)24-20(21-10-5-13-26-21)15-23-19-9-3-2-6-16(19)11-12-22(23)24;/h2-10,13-15H,11-12H2,1H3;1H/q+1;/p-1. The van der Waals surface area contributed by atoms with Crippen molar-refractivity contribution in [1.29, 1.82) is 0 Å². The van der Waals surface area contributed by atoms with E-state index >= 15 is 0 Å². The molecule has 1 aliphatic heterocycles. The second kappa shape index (κ2) is 7.33. The van der Waals surface area contributed by atoms with Crippen LogP contribution in [0.2, 0.25) is 0 Å². The van der Waals surface area contributed by atoms with Crippen LogP contribution in [-0.2, 0) is 12.8 Å². The molecule has 0 unspecified atom stereocenters. The SMILES string of the molecule is COc1cccc(-n2c(-c3cccs3)c[n+]3c2CCc2ccccc2-3)c1.[Br-]. The summed E-state index contributed by atoms with van der Waals surface area (Å²) in [6.45, 7) is 0. The van der Waals surface area contributed by atoms with Gasteiger partial charge in [-0.1, -0.05) is 30.3 Å². The third-order valence-corrected chi connectivity index (χ3v) is 5.88. The highest BCUT2D eigenvalue weighted by molar-refractivity contribution is 7.13. The fourth-order valence-corrected chi connectivity index (χ4v) is 4.51. The first-order valence-electron chi connectivity index (χ1n) is 8.78. The molecule has 2 aromatic carbocycles. The number of benzene rings is 2. The van der Waals surface area contributed by atoms with Gasteiger partial charge in [-0.25, -0.2) is 0 Å². The summed E-state index contributed by atoms with van der Waals surface area (Å²) < 4.78 is 10.2. The van der Waals surface area contributed by atoms with E-state index in [1.165, 1.54) is 27.6 Å². The second-order valence-electron chi connectivity index (χ2n) is 6.44. The predicted molar refractivity (Wildman–Crippen MR) is 105 cm³/mol. The maximum Gasteiger partial charge on any atom is 0.267 e. The van der Waals surface area contributed by atoms with E-state index in [2.05, 4.69) is 75.3 Å². The number of thiophene rings is 1. The molecule has 0 radical (unpaired) electrons. The molecule has 2 aromatic heterocycles. The van der Waals surface area contributed by atoms with Crippen LogP contribution in [0.4, 0.5) is 0 Å². The Hall–Kier alpha value is -2.37. The van der Waals surface area contributed by atoms with Crippen molar-refractivity contribution in [3.63, 3.8) is 0 Å². The van der Waals surface area contributed by atoms with Crippen molar-refractivity contribution in [1.82, 2.24) is 4.57 Å². The highest BCUT2D eigenvalue weighted by Crippen LogP contribution is 2.32. The van der Waals surface area contributed by atoms with Gasteiger partial charge in [0.1, 0.15) is 23.3 Å². The smallest absolute Gasteiger partial charge is 0.267 e.